The van der Waals surface area contributed by atoms with E-state index < -0.39 is 0 Å². The molecule has 136 valence electrons. The van der Waals surface area contributed by atoms with Gasteiger partial charge in [0.05, 0.1) is 16.8 Å². The van der Waals surface area contributed by atoms with E-state index in [9.17, 15) is 4.79 Å². The van der Waals surface area contributed by atoms with Crippen LogP contribution in [0.25, 0.3) is 0 Å². The number of para-hydroxylation sites is 1. The van der Waals surface area contributed by atoms with Crippen molar-refractivity contribution in [2.75, 3.05) is 31.1 Å². The molecule has 2 aliphatic heterocycles. The van der Waals surface area contributed by atoms with Crippen molar-refractivity contribution in [1.82, 2.24) is 4.90 Å². The second-order valence-corrected chi connectivity index (χ2v) is 7.62. The van der Waals surface area contributed by atoms with E-state index in [1.807, 2.05) is 35.2 Å². The van der Waals surface area contributed by atoms with E-state index in [0.29, 0.717) is 29.9 Å². The molecule has 2 aromatic rings. The molecule has 0 bridgehead atoms. The molecule has 3 atom stereocenters. The van der Waals surface area contributed by atoms with Crippen molar-refractivity contribution in [3.05, 3.63) is 65.2 Å². The Hall–Kier alpha value is -1.88. The van der Waals surface area contributed by atoms with Gasteiger partial charge < -0.3 is 10.6 Å². The lowest BCUT2D eigenvalue weighted by Crippen LogP contribution is -2.41. The number of carbonyl (C=O) groups excluding carboxylic acids is 1. The number of hydrogen-bond acceptors (Lipinski definition) is 3. The number of hydrogen-bond donors (Lipinski definition) is 1. The Bertz CT molecular complexity index is 782. The molecule has 0 saturated carbocycles. The van der Waals surface area contributed by atoms with Crippen molar-refractivity contribution >= 4 is 23.2 Å². The van der Waals surface area contributed by atoms with Crippen LogP contribution >= 0.6 is 11.6 Å². The van der Waals surface area contributed by atoms with E-state index >= 15 is 0 Å². The zero-order chi connectivity index (χ0) is 18.1. The highest BCUT2D eigenvalue weighted by Gasteiger charge is 2.43. The summed E-state index contributed by atoms with van der Waals surface area (Å²) in [5.41, 5.74) is 8.19. The van der Waals surface area contributed by atoms with Crippen LogP contribution in [0, 0.1) is 5.92 Å². The molecule has 0 radical (unpaired) electrons. The lowest BCUT2D eigenvalue weighted by atomic mass is 9.89. The highest BCUT2D eigenvalue weighted by atomic mass is 35.5. The molecule has 2 aliphatic rings. The van der Waals surface area contributed by atoms with E-state index in [4.69, 9.17) is 17.3 Å². The number of amides is 1. The molecular formula is C21H24ClN3O. The van der Waals surface area contributed by atoms with Crippen molar-refractivity contribution in [3.63, 3.8) is 0 Å². The van der Waals surface area contributed by atoms with Gasteiger partial charge >= 0.3 is 0 Å². The maximum absolute atomic E-state index is 13.1. The molecule has 4 rings (SSSR count). The molecule has 2 heterocycles. The van der Waals surface area contributed by atoms with Crippen LogP contribution in [0.1, 0.15) is 17.9 Å². The van der Waals surface area contributed by atoms with Crippen LogP contribution in [0.3, 0.4) is 0 Å². The zero-order valence-electron chi connectivity index (χ0n) is 14.7. The quantitative estimate of drug-likeness (QED) is 0.900. The molecular weight excluding hydrogens is 346 g/mol. The van der Waals surface area contributed by atoms with Gasteiger partial charge in [-0.3, -0.25) is 9.69 Å². The van der Waals surface area contributed by atoms with Gasteiger partial charge in [0.15, 0.2) is 0 Å². The Morgan fingerprint density at radius 1 is 1.04 bits per heavy atom. The third-order valence-corrected chi connectivity index (χ3v) is 6.08. The highest BCUT2D eigenvalue weighted by molar-refractivity contribution is 6.33. The molecule has 2 aromatic carbocycles. The first-order chi connectivity index (χ1) is 12.7. The summed E-state index contributed by atoms with van der Waals surface area (Å²) in [4.78, 5) is 17.2. The van der Waals surface area contributed by atoms with Crippen molar-refractivity contribution in [2.24, 2.45) is 11.7 Å². The molecule has 5 heteroatoms. The molecule has 26 heavy (non-hydrogen) atoms. The van der Waals surface area contributed by atoms with E-state index in [1.54, 1.807) is 0 Å². The van der Waals surface area contributed by atoms with Gasteiger partial charge in [-0.15, -0.1) is 0 Å². The van der Waals surface area contributed by atoms with E-state index in [2.05, 4.69) is 29.2 Å². The topological polar surface area (TPSA) is 49.6 Å². The highest BCUT2D eigenvalue weighted by Crippen LogP contribution is 2.36. The number of nitrogens with two attached hydrogens (primary N) is 1. The maximum atomic E-state index is 13.1. The summed E-state index contributed by atoms with van der Waals surface area (Å²) in [6.45, 7) is 3.12. The fraction of sp³-hybridized carbons (Fsp3) is 0.381. The summed E-state index contributed by atoms with van der Waals surface area (Å²) in [6.07, 6.45) is 0.836. The van der Waals surface area contributed by atoms with E-state index in [1.165, 1.54) is 5.56 Å². The Balaban J connectivity index is 1.52. The minimum atomic E-state index is -0.0750. The summed E-state index contributed by atoms with van der Waals surface area (Å²) >= 11 is 6.30. The van der Waals surface area contributed by atoms with E-state index in [0.717, 1.165) is 25.2 Å². The minimum Gasteiger partial charge on any atom is -0.330 e. The van der Waals surface area contributed by atoms with Crippen LogP contribution < -0.4 is 10.6 Å². The predicted octanol–water partition coefficient (Wildman–Crippen LogP) is 3.12. The first kappa shape index (κ1) is 17.5. The van der Waals surface area contributed by atoms with Gasteiger partial charge in [0.2, 0.25) is 5.91 Å². The van der Waals surface area contributed by atoms with Crippen LogP contribution in [0.4, 0.5) is 5.69 Å². The first-order valence-electron chi connectivity index (χ1n) is 9.24. The summed E-state index contributed by atoms with van der Waals surface area (Å²) in [6, 6.07) is 18.0. The molecule has 1 unspecified atom stereocenters. The molecule has 2 fully saturated rings. The van der Waals surface area contributed by atoms with Crippen LogP contribution in [-0.4, -0.2) is 43.0 Å². The van der Waals surface area contributed by atoms with Gasteiger partial charge in [-0.1, -0.05) is 54.1 Å². The molecule has 1 amide bonds. The summed E-state index contributed by atoms with van der Waals surface area (Å²) in [5.74, 6) is 0.936. The summed E-state index contributed by atoms with van der Waals surface area (Å²) in [5, 5.41) is 0.630. The second-order valence-electron chi connectivity index (χ2n) is 7.21. The summed E-state index contributed by atoms with van der Waals surface area (Å²) < 4.78 is 0. The van der Waals surface area contributed by atoms with Crippen molar-refractivity contribution in [2.45, 2.75) is 18.4 Å². The Morgan fingerprint density at radius 2 is 1.77 bits per heavy atom. The number of carbonyl (C=O) groups is 1. The molecule has 4 nitrogen and oxygen atoms in total. The van der Waals surface area contributed by atoms with E-state index in [-0.39, 0.29) is 11.9 Å². The van der Waals surface area contributed by atoms with Crippen LogP contribution in [0.15, 0.2) is 54.6 Å². The number of benzene rings is 2. The normalized spacial score (nSPS) is 26.6. The largest absolute Gasteiger partial charge is 0.330 e. The van der Waals surface area contributed by atoms with Crippen LogP contribution in [0.2, 0.25) is 5.02 Å². The zero-order valence-corrected chi connectivity index (χ0v) is 15.5. The number of rotatable bonds is 4. The summed E-state index contributed by atoms with van der Waals surface area (Å²) in [7, 11) is 0. The molecule has 0 aromatic heterocycles. The monoisotopic (exact) mass is 369 g/mol. The molecule has 0 spiro atoms. The van der Waals surface area contributed by atoms with Crippen molar-refractivity contribution < 1.29 is 4.79 Å². The van der Waals surface area contributed by atoms with Gasteiger partial charge in [0, 0.05) is 25.6 Å². The Morgan fingerprint density at radius 3 is 2.50 bits per heavy atom. The van der Waals surface area contributed by atoms with Gasteiger partial charge in [-0.2, -0.15) is 0 Å². The molecule has 2 saturated heterocycles. The lowest BCUT2D eigenvalue weighted by Gasteiger charge is -2.24. The number of likely N-dealkylation sites (tertiary alicyclic amines) is 1. The first-order valence-corrected chi connectivity index (χ1v) is 9.62. The Kier molecular flexibility index (Phi) is 4.98. The van der Waals surface area contributed by atoms with Gasteiger partial charge in [-0.25, -0.2) is 0 Å². The average molecular weight is 370 g/mol. The van der Waals surface area contributed by atoms with Gasteiger partial charge in [0.1, 0.15) is 0 Å². The van der Waals surface area contributed by atoms with Crippen molar-refractivity contribution in [1.29, 1.82) is 0 Å². The lowest BCUT2D eigenvalue weighted by molar-refractivity contribution is -0.121. The van der Waals surface area contributed by atoms with Crippen LogP contribution in [0.5, 0.6) is 0 Å². The molecule has 2 N–H and O–H groups in total. The maximum Gasteiger partial charge on any atom is 0.244 e. The molecule has 0 aliphatic carbocycles. The smallest absolute Gasteiger partial charge is 0.244 e. The predicted molar refractivity (Wildman–Crippen MR) is 106 cm³/mol. The minimum absolute atomic E-state index is 0.0750. The number of nitrogens with zero attached hydrogens (tertiary/aromatic N) is 2. The SMILES string of the molecule is NC[C@@H]1CN(C2CCN(c3ccccc3Cl)C2=O)C[C@H]1c1ccccc1. The third-order valence-electron chi connectivity index (χ3n) is 5.76. The van der Waals surface area contributed by atoms with Crippen molar-refractivity contribution in [3.8, 4) is 0 Å². The fourth-order valence-corrected chi connectivity index (χ4v) is 4.63. The fourth-order valence-electron chi connectivity index (χ4n) is 4.39. The Labute approximate surface area is 159 Å². The second kappa shape index (κ2) is 7.39. The number of anilines is 1. The van der Waals surface area contributed by atoms with Gasteiger partial charge in [0.25, 0.3) is 0 Å². The third kappa shape index (κ3) is 3.13. The van der Waals surface area contributed by atoms with Crippen LogP contribution in [-0.2, 0) is 4.79 Å². The standard InChI is InChI=1S/C21H24ClN3O/c22-18-8-4-5-9-19(18)25-11-10-20(21(25)26)24-13-16(12-23)17(14-24)15-6-2-1-3-7-15/h1-9,16-17,20H,10-14,23H2/t16-,17+,20?/m1/s1. The average Bonchev–Trinajstić information content (AvgIpc) is 3.26. The number of halogens is 1. The van der Waals surface area contributed by atoms with Gasteiger partial charge in [-0.05, 0) is 36.6 Å².